The summed E-state index contributed by atoms with van der Waals surface area (Å²) in [5.74, 6) is -1.31. The number of nitrogens with one attached hydrogen (secondary N) is 1. The van der Waals surface area contributed by atoms with Gasteiger partial charge in [0, 0.05) is 16.5 Å². The Labute approximate surface area is 128 Å². The van der Waals surface area contributed by atoms with Gasteiger partial charge in [0.15, 0.2) is 5.13 Å². The number of aliphatic carboxylic acids is 1. The molecule has 0 aliphatic heterocycles. The average Bonchev–Trinajstić information content (AvgIpc) is 2.87. The summed E-state index contributed by atoms with van der Waals surface area (Å²) in [6, 6.07) is 7.43. The molecule has 1 unspecified atom stereocenters. The fraction of sp³-hybridized carbons (Fsp3) is 0.375. The van der Waals surface area contributed by atoms with Gasteiger partial charge in [-0.05, 0) is 24.6 Å². The van der Waals surface area contributed by atoms with Gasteiger partial charge < -0.3 is 10.4 Å². The molecule has 0 spiro atoms. The molecule has 0 aliphatic rings. The van der Waals surface area contributed by atoms with Crippen molar-refractivity contribution in [3.8, 4) is 0 Å². The Balaban J connectivity index is 2.10. The Kier molecular flexibility index (Phi) is 4.32. The molecular formula is C16H20N2O2S. The summed E-state index contributed by atoms with van der Waals surface area (Å²) >= 11 is 1.57. The predicted molar refractivity (Wildman–Crippen MR) is 86.6 cm³/mol. The van der Waals surface area contributed by atoms with Crippen LogP contribution < -0.4 is 5.32 Å². The Morgan fingerprint density at radius 3 is 2.38 bits per heavy atom. The summed E-state index contributed by atoms with van der Waals surface area (Å²) < 4.78 is 0. The third-order valence-corrected chi connectivity index (χ3v) is 4.06. The maximum Gasteiger partial charge on any atom is 0.310 e. The summed E-state index contributed by atoms with van der Waals surface area (Å²) in [4.78, 5) is 15.5. The van der Waals surface area contributed by atoms with Crippen molar-refractivity contribution < 1.29 is 9.90 Å². The van der Waals surface area contributed by atoms with Gasteiger partial charge >= 0.3 is 5.97 Å². The number of rotatable bonds is 4. The fourth-order valence-corrected chi connectivity index (χ4v) is 2.75. The van der Waals surface area contributed by atoms with Crippen molar-refractivity contribution in [3.05, 3.63) is 40.9 Å². The molecule has 2 N–H and O–H groups in total. The van der Waals surface area contributed by atoms with Gasteiger partial charge in [0.2, 0.25) is 0 Å². The Morgan fingerprint density at radius 1 is 1.29 bits per heavy atom. The van der Waals surface area contributed by atoms with E-state index in [0.717, 1.165) is 22.1 Å². The molecule has 0 amide bonds. The van der Waals surface area contributed by atoms with E-state index in [-0.39, 0.29) is 5.41 Å². The maximum absolute atomic E-state index is 10.9. The highest BCUT2D eigenvalue weighted by Crippen LogP contribution is 2.28. The molecule has 0 radical (unpaired) electrons. The van der Waals surface area contributed by atoms with E-state index < -0.39 is 11.9 Å². The monoisotopic (exact) mass is 304 g/mol. The van der Waals surface area contributed by atoms with Crippen LogP contribution in [0.25, 0.3) is 0 Å². The molecule has 112 valence electrons. The minimum atomic E-state index is -0.814. The van der Waals surface area contributed by atoms with Crippen LogP contribution in [0.3, 0.4) is 0 Å². The zero-order chi connectivity index (χ0) is 15.6. The van der Waals surface area contributed by atoms with E-state index in [1.165, 1.54) is 0 Å². The van der Waals surface area contributed by atoms with E-state index in [2.05, 4.69) is 36.5 Å². The first-order chi connectivity index (χ1) is 9.77. The molecule has 1 atom stereocenters. The molecule has 1 aromatic carbocycles. The average molecular weight is 304 g/mol. The normalized spacial score (nSPS) is 13.0. The van der Waals surface area contributed by atoms with Crippen LogP contribution in [-0.2, 0) is 10.2 Å². The van der Waals surface area contributed by atoms with E-state index in [1.807, 2.05) is 24.3 Å². The molecule has 0 aliphatic carbocycles. The number of nitrogens with zero attached hydrogens (tertiary/aromatic N) is 1. The van der Waals surface area contributed by atoms with Gasteiger partial charge in [-0.3, -0.25) is 4.79 Å². The lowest BCUT2D eigenvalue weighted by molar-refractivity contribution is -0.138. The summed E-state index contributed by atoms with van der Waals surface area (Å²) in [5.41, 5.74) is 2.80. The molecule has 1 aromatic heterocycles. The lowest BCUT2D eigenvalue weighted by Crippen LogP contribution is -2.11. The molecule has 0 bridgehead atoms. The van der Waals surface area contributed by atoms with Crippen molar-refractivity contribution in [2.75, 3.05) is 5.32 Å². The molecule has 0 fully saturated rings. The second kappa shape index (κ2) is 5.85. The molecule has 2 aromatic rings. The standard InChI is InChI=1S/C16H20N2O2S/c1-10(14(19)20)11-5-7-12(8-6-11)17-15-18-13(9-21-15)16(2,3)4/h5-10H,1-4H3,(H,17,18)(H,19,20). The summed E-state index contributed by atoms with van der Waals surface area (Å²) in [6.07, 6.45) is 0. The number of hydrogen-bond acceptors (Lipinski definition) is 4. The molecule has 0 saturated heterocycles. The summed E-state index contributed by atoms with van der Waals surface area (Å²) in [6.45, 7) is 8.08. The zero-order valence-corrected chi connectivity index (χ0v) is 13.5. The summed E-state index contributed by atoms with van der Waals surface area (Å²) in [5, 5.41) is 15.2. The van der Waals surface area contributed by atoms with E-state index in [9.17, 15) is 4.79 Å². The van der Waals surface area contributed by atoms with E-state index >= 15 is 0 Å². The van der Waals surface area contributed by atoms with Crippen LogP contribution >= 0.6 is 11.3 Å². The maximum atomic E-state index is 10.9. The lowest BCUT2D eigenvalue weighted by Gasteiger charge is -2.14. The smallest absolute Gasteiger partial charge is 0.310 e. The van der Waals surface area contributed by atoms with Crippen molar-refractivity contribution in [1.29, 1.82) is 0 Å². The third kappa shape index (κ3) is 3.82. The molecule has 4 nitrogen and oxygen atoms in total. The number of benzene rings is 1. The van der Waals surface area contributed by atoms with Crippen molar-refractivity contribution >= 4 is 28.1 Å². The Morgan fingerprint density at radius 2 is 1.90 bits per heavy atom. The molecule has 1 heterocycles. The number of anilines is 2. The molecule has 21 heavy (non-hydrogen) atoms. The van der Waals surface area contributed by atoms with Crippen LogP contribution in [0, 0.1) is 0 Å². The molecular weight excluding hydrogens is 284 g/mol. The van der Waals surface area contributed by atoms with Crippen molar-refractivity contribution in [2.45, 2.75) is 39.0 Å². The first kappa shape index (κ1) is 15.5. The minimum absolute atomic E-state index is 0.0389. The molecule has 2 rings (SSSR count). The molecule has 5 heteroatoms. The van der Waals surface area contributed by atoms with Gasteiger partial charge in [0.05, 0.1) is 11.6 Å². The second-order valence-corrected chi connectivity index (χ2v) is 6.95. The molecule has 0 saturated carbocycles. The first-order valence-electron chi connectivity index (χ1n) is 6.83. The number of aromatic nitrogens is 1. The van der Waals surface area contributed by atoms with E-state index in [4.69, 9.17) is 5.11 Å². The second-order valence-electron chi connectivity index (χ2n) is 6.09. The number of hydrogen-bond donors (Lipinski definition) is 2. The number of thiazole rings is 1. The van der Waals surface area contributed by atoms with Gasteiger partial charge in [-0.1, -0.05) is 32.9 Å². The topological polar surface area (TPSA) is 62.2 Å². The minimum Gasteiger partial charge on any atom is -0.481 e. The van der Waals surface area contributed by atoms with Crippen LogP contribution in [0.15, 0.2) is 29.6 Å². The van der Waals surface area contributed by atoms with Gasteiger partial charge in [0.25, 0.3) is 0 Å². The Bertz CT molecular complexity index is 626. The largest absolute Gasteiger partial charge is 0.481 e. The van der Waals surface area contributed by atoms with Gasteiger partial charge in [-0.25, -0.2) is 4.98 Å². The zero-order valence-electron chi connectivity index (χ0n) is 12.7. The van der Waals surface area contributed by atoms with Crippen LogP contribution in [0.2, 0.25) is 0 Å². The van der Waals surface area contributed by atoms with Crippen LogP contribution in [0.5, 0.6) is 0 Å². The lowest BCUT2D eigenvalue weighted by atomic mass is 9.93. The Hall–Kier alpha value is -1.88. The van der Waals surface area contributed by atoms with E-state index in [0.29, 0.717) is 0 Å². The van der Waals surface area contributed by atoms with Crippen molar-refractivity contribution in [1.82, 2.24) is 4.98 Å². The number of carboxylic acid groups (broad SMARTS) is 1. The number of carbonyl (C=O) groups is 1. The van der Waals surface area contributed by atoms with Gasteiger partial charge in [0.1, 0.15) is 0 Å². The van der Waals surface area contributed by atoms with Crippen LogP contribution in [0.1, 0.15) is 44.9 Å². The highest BCUT2D eigenvalue weighted by molar-refractivity contribution is 7.13. The highest BCUT2D eigenvalue weighted by atomic mass is 32.1. The fourth-order valence-electron chi connectivity index (χ4n) is 1.80. The third-order valence-electron chi connectivity index (χ3n) is 3.30. The van der Waals surface area contributed by atoms with Crippen molar-refractivity contribution in [3.63, 3.8) is 0 Å². The SMILES string of the molecule is CC(C(=O)O)c1ccc(Nc2nc(C(C)(C)C)cs2)cc1. The van der Waals surface area contributed by atoms with E-state index in [1.54, 1.807) is 18.3 Å². The van der Waals surface area contributed by atoms with Gasteiger partial charge in [-0.15, -0.1) is 11.3 Å². The summed E-state index contributed by atoms with van der Waals surface area (Å²) in [7, 11) is 0. The van der Waals surface area contributed by atoms with Gasteiger partial charge in [-0.2, -0.15) is 0 Å². The van der Waals surface area contributed by atoms with Crippen LogP contribution in [-0.4, -0.2) is 16.1 Å². The predicted octanol–water partition coefficient (Wildman–Crippen LogP) is 4.37. The van der Waals surface area contributed by atoms with Crippen LogP contribution in [0.4, 0.5) is 10.8 Å². The van der Waals surface area contributed by atoms with Crippen molar-refractivity contribution in [2.24, 2.45) is 0 Å². The number of carboxylic acids is 1. The quantitative estimate of drug-likeness (QED) is 0.880. The first-order valence-corrected chi connectivity index (χ1v) is 7.71. The highest BCUT2D eigenvalue weighted by Gasteiger charge is 2.17.